The van der Waals surface area contributed by atoms with E-state index in [1.807, 2.05) is 19.9 Å². The van der Waals surface area contributed by atoms with E-state index in [4.69, 9.17) is 0 Å². The normalized spacial score (nSPS) is 11.5. The summed E-state index contributed by atoms with van der Waals surface area (Å²) < 4.78 is 1.70. The van der Waals surface area contributed by atoms with Crippen LogP contribution in [0.25, 0.3) is 16.7 Å². The van der Waals surface area contributed by atoms with Crippen molar-refractivity contribution in [3.63, 3.8) is 0 Å². The number of benzene rings is 1. The van der Waals surface area contributed by atoms with Crippen molar-refractivity contribution >= 4 is 22.4 Å². The van der Waals surface area contributed by atoms with Crippen molar-refractivity contribution < 1.29 is 0 Å². The highest BCUT2D eigenvalue weighted by Crippen LogP contribution is 2.21. The van der Waals surface area contributed by atoms with Crippen molar-refractivity contribution in [2.24, 2.45) is 0 Å². The molecule has 3 heterocycles. The van der Waals surface area contributed by atoms with Crippen molar-refractivity contribution in [1.29, 1.82) is 0 Å². The Balaban J connectivity index is 1.54. The van der Waals surface area contributed by atoms with Gasteiger partial charge in [0, 0.05) is 13.0 Å². The van der Waals surface area contributed by atoms with E-state index in [9.17, 15) is 0 Å². The lowest BCUT2D eigenvalue weighted by Gasteiger charge is -2.11. The first-order valence-corrected chi connectivity index (χ1v) is 7.98. The van der Waals surface area contributed by atoms with Crippen molar-refractivity contribution in [2.75, 3.05) is 11.9 Å². The Morgan fingerprint density at radius 1 is 1.21 bits per heavy atom. The molecule has 0 fully saturated rings. The molecule has 0 saturated carbocycles. The van der Waals surface area contributed by atoms with E-state index in [0.717, 1.165) is 52.4 Å². The van der Waals surface area contributed by atoms with Crippen LogP contribution in [0, 0.1) is 20.8 Å². The molecular weight excluding hydrogens is 302 g/mol. The Labute approximate surface area is 139 Å². The van der Waals surface area contributed by atoms with Gasteiger partial charge in [0.05, 0.1) is 22.4 Å². The van der Waals surface area contributed by atoms with Crippen LogP contribution in [0.2, 0.25) is 0 Å². The van der Waals surface area contributed by atoms with E-state index in [0.29, 0.717) is 0 Å². The molecule has 7 heteroatoms. The van der Waals surface area contributed by atoms with Gasteiger partial charge in [0.2, 0.25) is 5.65 Å². The van der Waals surface area contributed by atoms with Gasteiger partial charge in [-0.3, -0.25) is 0 Å². The molecule has 3 aromatic heterocycles. The van der Waals surface area contributed by atoms with Gasteiger partial charge in [-0.05, 0) is 44.0 Å². The lowest BCUT2D eigenvalue weighted by Crippen LogP contribution is -2.10. The van der Waals surface area contributed by atoms with Crippen LogP contribution in [0.1, 0.15) is 22.6 Å². The second kappa shape index (κ2) is 5.59. The minimum absolute atomic E-state index is 0.748. The average molecular weight is 321 g/mol. The third-order valence-corrected chi connectivity index (χ3v) is 4.28. The number of nitrogens with one attached hydrogen (secondary N) is 2. The number of aromatic nitrogens is 6. The zero-order valence-corrected chi connectivity index (χ0v) is 14.0. The highest BCUT2D eigenvalue weighted by Gasteiger charge is 2.11. The molecule has 0 aliphatic carbocycles. The first kappa shape index (κ1) is 14.6. The predicted octanol–water partition coefficient (Wildman–Crippen LogP) is 2.58. The summed E-state index contributed by atoms with van der Waals surface area (Å²) in [6, 6.07) is 6.25. The molecule has 4 rings (SSSR count). The van der Waals surface area contributed by atoms with Crippen LogP contribution >= 0.6 is 0 Å². The van der Waals surface area contributed by atoms with Gasteiger partial charge in [0.25, 0.3) is 0 Å². The van der Waals surface area contributed by atoms with Crippen LogP contribution in [0.5, 0.6) is 0 Å². The number of hydrogen-bond donors (Lipinski definition) is 2. The first-order chi connectivity index (χ1) is 11.6. The van der Waals surface area contributed by atoms with E-state index in [2.05, 4.69) is 49.6 Å². The van der Waals surface area contributed by atoms with Crippen LogP contribution in [0.3, 0.4) is 0 Å². The molecule has 1 aromatic carbocycles. The quantitative estimate of drug-likeness (QED) is 0.603. The van der Waals surface area contributed by atoms with Gasteiger partial charge in [-0.25, -0.2) is 4.98 Å². The molecule has 0 atom stereocenters. The fourth-order valence-electron chi connectivity index (χ4n) is 2.87. The maximum absolute atomic E-state index is 4.64. The first-order valence-electron chi connectivity index (χ1n) is 7.98. The van der Waals surface area contributed by atoms with E-state index in [1.165, 1.54) is 5.56 Å². The lowest BCUT2D eigenvalue weighted by molar-refractivity contribution is 0.876. The molecule has 24 heavy (non-hydrogen) atoms. The Hall–Kier alpha value is -2.96. The monoisotopic (exact) mass is 321 g/mol. The van der Waals surface area contributed by atoms with Gasteiger partial charge >= 0.3 is 0 Å². The van der Waals surface area contributed by atoms with Gasteiger partial charge in [0.15, 0.2) is 0 Å². The minimum atomic E-state index is 0.748. The summed E-state index contributed by atoms with van der Waals surface area (Å²) >= 11 is 0. The molecule has 0 radical (unpaired) electrons. The van der Waals surface area contributed by atoms with Gasteiger partial charge in [-0.2, -0.15) is 9.61 Å². The molecule has 0 bridgehead atoms. The van der Waals surface area contributed by atoms with E-state index in [1.54, 1.807) is 10.8 Å². The molecule has 0 spiro atoms. The van der Waals surface area contributed by atoms with Crippen LogP contribution in [0.4, 0.5) is 5.69 Å². The number of rotatable bonds is 4. The Morgan fingerprint density at radius 2 is 2.08 bits per heavy atom. The minimum Gasteiger partial charge on any atom is -0.381 e. The number of aryl methyl sites for hydroxylation is 2. The fraction of sp³-hybridized carbons (Fsp3) is 0.294. The number of H-pyrrole nitrogens is 1. The second-order valence-electron chi connectivity index (χ2n) is 6.07. The summed E-state index contributed by atoms with van der Waals surface area (Å²) in [5, 5.41) is 16.0. The molecule has 4 aromatic rings. The van der Waals surface area contributed by atoms with Crippen LogP contribution in [-0.4, -0.2) is 36.3 Å². The molecule has 122 valence electrons. The summed E-state index contributed by atoms with van der Waals surface area (Å²) in [5.41, 5.74) is 7.10. The molecule has 0 amide bonds. The number of nitrogens with zero attached hydrogens (tertiary/aromatic N) is 5. The lowest BCUT2D eigenvalue weighted by atomic mass is 10.2. The molecule has 0 aliphatic rings. The van der Waals surface area contributed by atoms with Gasteiger partial charge in [0.1, 0.15) is 12.2 Å². The van der Waals surface area contributed by atoms with E-state index in [-0.39, 0.29) is 0 Å². The van der Waals surface area contributed by atoms with Gasteiger partial charge < -0.3 is 10.3 Å². The molecule has 0 aliphatic heterocycles. The molecule has 0 unspecified atom stereocenters. The Bertz CT molecular complexity index is 1030. The summed E-state index contributed by atoms with van der Waals surface area (Å²) in [7, 11) is 0. The largest absolute Gasteiger partial charge is 0.381 e. The summed E-state index contributed by atoms with van der Waals surface area (Å²) in [4.78, 5) is 8.02. The highest BCUT2D eigenvalue weighted by molar-refractivity contribution is 5.76. The van der Waals surface area contributed by atoms with Crippen molar-refractivity contribution in [2.45, 2.75) is 27.2 Å². The molecule has 0 saturated heterocycles. The predicted molar refractivity (Wildman–Crippen MR) is 93.3 cm³/mol. The second-order valence-corrected chi connectivity index (χ2v) is 6.07. The van der Waals surface area contributed by atoms with E-state index < -0.39 is 0 Å². The summed E-state index contributed by atoms with van der Waals surface area (Å²) in [6.07, 6.45) is 2.42. The summed E-state index contributed by atoms with van der Waals surface area (Å²) in [5.74, 6) is 0.976. The Kier molecular flexibility index (Phi) is 3.41. The fourth-order valence-corrected chi connectivity index (χ4v) is 2.87. The standard InChI is InChI=1S/C17H19N7/c1-10-4-5-13-14(8-10)21-15(20-13)6-7-18-16-11(2)12(3)23-24-9-19-22-17(16)24/h4-5,8-9,18H,6-7H2,1-3H3,(H,20,21). The third-order valence-electron chi connectivity index (χ3n) is 4.28. The van der Waals surface area contributed by atoms with Crippen molar-refractivity contribution in [3.05, 3.63) is 47.2 Å². The number of anilines is 1. The van der Waals surface area contributed by atoms with Crippen LogP contribution in [-0.2, 0) is 6.42 Å². The van der Waals surface area contributed by atoms with Gasteiger partial charge in [-0.15, -0.1) is 10.2 Å². The maximum atomic E-state index is 4.64. The number of aromatic amines is 1. The zero-order chi connectivity index (χ0) is 16.7. The van der Waals surface area contributed by atoms with Crippen LogP contribution < -0.4 is 5.32 Å². The van der Waals surface area contributed by atoms with E-state index >= 15 is 0 Å². The Morgan fingerprint density at radius 3 is 2.96 bits per heavy atom. The molecule has 2 N–H and O–H groups in total. The maximum Gasteiger partial charge on any atom is 0.200 e. The number of hydrogen-bond acceptors (Lipinski definition) is 5. The topological polar surface area (TPSA) is 83.8 Å². The summed E-state index contributed by atoms with van der Waals surface area (Å²) in [6.45, 7) is 6.87. The third kappa shape index (κ3) is 2.47. The van der Waals surface area contributed by atoms with Gasteiger partial charge in [-0.1, -0.05) is 6.07 Å². The SMILES string of the molecule is Cc1ccc2nc(CCNc3c(C)c(C)nn4cnnc34)[nH]c2c1. The van der Waals surface area contributed by atoms with Crippen molar-refractivity contribution in [3.8, 4) is 0 Å². The average Bonchev–Trinajstić information content (AvgIpc) is 3.16. The molecule has 7 nitrogen and oxygen atoms in total. The number of imidazole rings is 1. The van der Waals surface area contributed by atoms with Crippen molar-refractivity contribution in [1.82, 2.24) is 29.8 Å². The highest BCUT2D eigenvalue weighted by atomic mass is 15.3. The number of fused-ring (bicyclic) bond motifs is 2. The molecular formula is C17H19N7. The zero-order valence-electron chi connectivity index (χ0n) is 14.0. The smallest absolute Gasteiger partial charge is 0.200 e. The van der Waals surface area contributed by atoms with Crippen LogP contribution in [0.15, 0.2) is 24.5 Å².